The van der Waals surface area contributed by atoms with E-state index in [1.807, 2.05) is 0 Å². The highest BCUT2D eigenvalue weighted by Gasteiger charge is 2.33. The fourth-order valence-corrected chi connectivity index (χ4v) is 3.08. The van der Waals surface area contributed by atoms with Crippen molar-refractivity contribution in [2.45, 2.75) is 31.7 Å². The summed E-state index contributed by atoms with van der Waals surface area (Å²) in [7, 11) is 1.40. The van der Waals surface area contributed by atoms with Crippen molar-refractivity contribution >= 4 is 17.6 Å². The predicted octanol–water partition coefficient (Wildman–Crippen LogP) is 3.52. The molecule has 6 heteroatoms. The maximum absolute atomic E-state index is 11.5. The molecule has 108 valence electrons. The van der Waals surface area contributed by atoms with E-state index in [0.717, 1.165) is 25.7 Å². The summed E-state index contributed by atoms with van der Waals surface area (Å²) in [5.41, 5.74) is 0.672. The minimum atomic E-state index is -0.491. The molecule has 0 aliphatic heterocycles. The van der Waals surface area contributed by atoms with Crippen LogP contribution in [-0.2, 0) is 9.53 Å². The number of rotatable bonds is 4. The molecule has 0 radical (unpaired) electrons. The zero-order valence-corrected chi connectivity index (χ0v) is 12.0. The molecule has 1 aliphatic carbocycles. The zero-order valence-electron chi connectivity index (χ0n) is 11.3. The first-order valence-electron chi connectivity index (χ1n) is 6.68. The molecule has 0 N–H and O–H groups in total. The van der Waals surface area contributed by atoms with Gasteiger partial charge in [0.15, 0.2) is 0 Å². The molecule has 2 rings (SSSR count). The molecule has 1 aromatic heterocycles. The van der Waals surface area contributed by atoms with E-state index in [9.17, 15) is 9.70 Å². The van der Waals surface area contributed by atoms with E-state index in [4.69, 9.17) is 16.3 Å². The van der Waals surface area contributed by atoms with E-state index < -0.39 is 6.04 Å². The van der Waals surface area contributed by atoms with Crippen LogP contribution in [0.5, 0.6) is 0 Å². The second kappa shape index (κ2) is 6.79. The molecule has 20 heavy (non-hydrogen) atoms. The highest BCUT2D eigenvalue weighted by atomic mass is 35.5. The van der Waals surface area contributed by atoms with E-state index in [1.54, 1.807) is 18.3 Å². The van der Waals surface area contributed by atoms with Crippen LogP contribution in [0, 0.1) is 16.7 Å². The second-order valence-corrected chi connectivity index (χ2v) is 5.43. The van der Waals surface area contributed by atoms with E-state index in [1.165, 1.54) is 7.11 Å². The van der Waals surface area contributed by atoms with Gasteiger partial charge in [0.05, 0.1) is 13.0 Å². The number of nitrogens with zero attached hydrogens (tertiary/aromatic N) is 2. The molecule has 1 unspecified atom stereocenters. The van der Waals surface area contributed by atoms with Gasteiger partial charge in [-0.3, -0.25) is 4.79 Å². The zero-order chi connectivity index (χ0) is 14.5. The lowest BCUT2D eigenvalue weighted by molar-refractivity contribution is -0.146. The third-order valence-corrected chi connectivity index (χ3v) is 4.29. The maximum atomic E-state index is 11.5. The van der Waals surface area contributed by atoms with Gasteiger partial charge in [-0.2, -0.15) is 4.91 Å². The summed E-state index contributed by atoms with van der Waals surface area (Å²) in [6.45, 7) is 0. The second-order valence-electron chi connectivity index (χ2n) is 5.07. The van der Waals surface area contributed by atoms with Crippen LogP contribution in [-0.4, -0.2) is 18.1 Å². The maximum Gasteiger partial charge on any atom is 0.308 e. The summed E-state index contributed by atoms with van der Waals surface area (Å²) in [5, 5.41) is 3.57. The van der Waals surface area contributed by atoms with Crippen LogP contribution in [0.3, 0.4) is 0 Å². The lowest BCUT2D eigenvalue weighted by Gasteiger charge is -2.29. The number of ether oxygens (including phenoxy) is 1. The van der Waals surface area contributed by atoms with Crippen molar-refractivity contribution in [3.05, 3.63) is 34.0 Å². The fourth-order valence-electron chi connectivity index (χ4n) is 2.85. The number of methoxy groups -OCH3 is 1. The third-order valence-electron chi connectivity index (χ3n) is 3.97. The summed E-state index contributed by atoms with van der Waals surface area (Å²) in [4.78, 5) is 26.7. The standard InChI is InChI=1S/C14H17ClN2O3/c1-20-14(18)10-6-4-9(5-7-10)12(17-19)11-3-2-8-16-13(11)15/h2-3,8-10,12H,4-7H2,1H3. The van der Waals surface area contributed by atoms with Crippen LogP contribution < -0.4 is 0 Å². The Bertz CT molecular complexity index is 487. The predicted molar refractivity (Wildman–Crippen MR) is 75.2 cm³/mol. The normalized spacial score (nSPS) is 23.9. The molecule has 0 amide bonds. The highest BCUT2D eigenvalue weighted by Crippen LogP contribution is 2.40. The van der Waals surface area contributed by atoms with Gasteiger partial charge in [0, 0.05) is 11.8 Å². The number of carbonyl (C=O) groups is 1. The molecule has 5 nitrogen and oxygen atoms in total. The van der Waals surface area contributed by atoms with Crippen molar-refractivity contribution < 1.29 is 9.53 Å². The Hall–Kier alpha value is -1.49. The van der Waals surface area contributed by atoms with Crippen molar-refractivity contribution in [1.82, 2.24) is 4.98 Å². The molecule has 1 fully saturated rings. The van der Waals surface area contributed by atoms with E-state index in [0.29, 0.717) is 10.7 Å². The average molecular weight is 297 g/mol. The van der Waals surface area contributed by atoms with Crippen LogP contribution in [0.1, 0.15) is 37.3 Å². The Labute approximate surface area is 122 Å². The monoisotopic (exact) mass is 296 g/mol. The van der Waals surface area contributed by atoms with E-state index in [2.05, 4.69) is 10.2 Å². The first kappa shape index (κ1) is 14.9. The number of hydrogen-bond acceptors (Lipinski definition) is 5. The molecule has 1 aliphatic rings. The van der Waals surface area contributed by atoms with Crippen LogP contribution in [0.4, 0.5) is 0 Å². The van der Waals surface area contributed by atoms with Gasteiger partial charge in [-0.25, -0.2) is 4.98 Å². The van der Waals surface area contributed by atoms with Crippen molar-refractivity contribution in [1.29, 1.82) is 0 Å². The van der Waals surface area contributed by atoms with Gasteiger partial charge in [-0.1, -0.05) is 22.8 Å². The number of esters is 1. The number of nitroso groups, excluding NO2 is 1. The lowest BCUT2D eigenvalue weighted by Crippen LogP contribution is -2.25. The van der Waals surface area contributed by atoms with Crippen molar-refractivity contribution in [3.8, 4) is 0 Å². The van der Waals surface area contributed by atoms with Crippen molar-refractivity contribution in [2.24, 2.45) is 17.0 Å². The van der Waals surface area contributed by atoms with Gasteiger partial charge in [-0.05, 0) is 37.7 Å². The van der Waals surface area contributed by atoms with Crippen LogP contribution in [0.2, 0.25) is 5.15 Å². The quantitative estimate of drug-likeness (QED) is 0.484. The van der Waals surface area contributed by atoms with E-state index >= 15 is 0 Å². The summed E-state index contributed by atoms with van der Waals surface area (Å²) in [6.07, 6.45) is 4.56. The highest BCUT2D eigenvalue weighted by molar-refractivity contribution is 6.30. The van der Waals surface area contributed by atoms with Crippen LogP contribution in [0.25, 0.3) is 0 Å². The lowest BCUT2D eigenvalue weighted by atomic mass is 9.77. The van der Waals surface area contributed by atoms with E-state index in [-0.39, 0.29) is 17.8 Å². The Kier molecular flexibility index (Phi) is 5.06. The summed E-state index contributed by atoms with van der Waals surface area (Å²) in [6, 6.07) is 3.04. The SMILES string of the molecule is COC(=O)C1CCC(C(N=O)c2cccnc2Cl)CC1. The molecule has 0 spiro atoms. The smallest absolute Gasteiger partial charge is 0.308 e. The van der Waals surface area contributed by atoms with Crippen LogP contribution in [0.15, 0.2) is 23.5 Å². The fraction of sp³-hybridized carbons (Fsp3) is 0.571. The van der Waals surface area contributed by atoms with Gasteiger partial charge < -0.3 is 4.74 Å². The Balaban J connectivity index is 2.06. The third kappa shape index (κ3) is 3.15. The van der Waals surface area contributed by atoms with Crippen molar-refractivity contribution in [3.63, 3.8) is 0 Å². The van der Waals surface area contributed by atoms with Gasteiger partial charge >= 0.3 is 5.97 Å². The molecule has 1 saturated carbocycles. The largest absolute Gasteiger partial charge is 0.469 e. The minimum Gasteiger partial charge on any atom is -0.469 e. The first-order valence-corrected chi connectivity index (χ1v) is 7.06. The number of aromatic nitrogens is 1. The Morgan fingerprint density at radius 3 is 2.70 bits per heavy atom. The van der Waals surface area contributed by atoms with Crippen molar-refractivity contribution in [2.75, 3.05) is 7.11 Å². The first-order chi connectivity index (χ1) is 9.67. The number of carbonyl (C=O) groups excluding carboxylic acids is 1. The molecule has 1 aromatic rings. The summed E-state index contributed by atoms with van der Waals surface area (Å²) < 4.78 is 4.76. The number of halogens is 1. The average Bonchev–Trinajstić information content (AvgIpc) is 2.50. The topological polar surface area (TPSA) is 68.6 Å². The number of pyridine rings is 1. The van der Waals surface area contributed by atoms with Gasteiger partial charge in [-0.15, -0.1) is 0 Å². The van der Waals surface area contributed by atoms with Gasteiger partial charge in [0.25, 0.3) is 0 Å². The molecular formula is C14H17ClN2O3. The van der Waals surface area contributed by atoms with Gasteiger partial charge in [0.1, 0.15) is 11.2 Å². The molecule has 0 aromatic carbocycles. The summed E-state index contributed by atoms with van der Waals surface area (Å²) in [5.74, 6) is -0.124. The molecule has 0 bridgehead atoms. The summed E-state index contributed by atoms with van der Waals surface area (Å²) >= 11 is 6.03. The minimum absolute atomic E-state index is 0.0621. The Morgan fingerprint density at radius 1 is 1.45 bits per heavy atom. The number of hydrogen-bond donors (Lipinski definition) is 0. The van der Waals surface area contributed by atoms with Crippen LogP contribution >= 0.6 is 11.6 Å². The van der Waals surface area contributed by atoms with Gasteiger partial charge in [0.2, 0.25) is 0 Å². The molecule has 1 atom stereocenters. The Morgan fingerprint density at radius 2 is 2.15 bits per heavy atom. The molecule has 0 saturated heterocycles. The molecule has 1 heterocycles. The molecular weight excluding hydrogens is 280 g/mol.